The molecule has 0 spiro atoms. The zero-order valence-electron chi connectivity index (χ0n) is 11.1. The van der Waals surface area contributed by atoms with Gasteiger partial charge in [0.15, 0.2) is 0 Å². The standard InChI is InChI=1S/C14H16ClN3O/c1-14(2,3)18-13(19)17-11-7-6-10(15)9-5-4-8-16-12(9)11/h4-8H,1-3H3,(H2,17,18,19). The molecular formula is C14H16ClN3O. The van der Waals surface area contributed by atoms with Crippen LogP contribution in [0.25, 0.3) is 10.9 Å². The average Bonchev–Trinajstić information content (AvgIpc) is 2.31. The van der Waals surface area contributed by atoms with Gasteiger partial charge in [-0.25, -0.2) is 4.79 Å². The van der Waals surface area contributed by atoms with E-state index in [0.717, 1.165) is 5.39 Å². The molecule has 0 aliphatic rings. The highest BCUT2D eigenvalue weighted by Gasteiger charge is 2.15. The number of amides is 2. The lowest BCUT2D eigenvalue weighted by atomic mass is 10.1. The Morgan fingerprint density at radius 1 is 1.26 bits per heavy atom. The fourth-order valence-electron chi connectivity index (χ4n) is 1.73. The van der Waals surface area contributed by atoms with E-state index in [1.807, 2.05) is 32.9 Å². The monoisotopic (exact) mass is 277 g/mol. The summed E-state index contributed by atoms with van der Waals surface area (Å²) in [5.41, 5.74) is 1.03. The van der Waals surface area contributed by atoms with E-state index >= 15 is 0 Å². The van der Waals surface area contributed by atoms with E-state index in [2.05, 4.69) is 15.6 Å². The first-order valence-corrected chi connectivity index (χ1v) is 6.37. The van der Waals surface area contributed by atoms with Crippen LogP contribution in [0.2, 0.25) is 5.02 Å². The average molecular weight is 278 g/mol. The van der Waals surface area contributed by atoms with Gasteiger partial charge in [-0.1, -0.05) is 11.6 Å². The molecule has 0 aliphatic carbocycles. The number of nitrogens with zero attached hydrogens (tertiary/aromatic N) is 1. The Morgan fingerprint density at radius 3 is 2.68 bits per heavy atom. The van der Waals surface area contributed by atoms with Crippen LogP contribution in [0.4, 0.5) is 10.5 Å². The molecule has 4 nitrogen and oxygen atoms in total. The number of anilines is 1. The van der Waals surface area contributed by atoms with Gasteiger partial charge in [0.05, 0.1) is 16.2 Å². The maximum Gasteiger partial charge on any atom is 0.319 e. The predicted octanol–water partition coefficient (Wildman–Crippen LogP) is 3.81. The summed E-state index contributed by atoms with van der Waals surface area (Å²) < 4.78 is 0. The molecule has 0 unspecified atom stereocenters. The van der Waals surface area contributed by atoms with E-state index in [1.165, 1.54) is 0 Å². The number of hydrogen-bond donors (Lipinski definition) is 2. The Morgan fingerprint density at radius 2 is 2.00 bits per heavy atom. The van der Waals surface area contributed by atoms with Crippen LogP contribution in [0.3, 0.4) is 0 Å². The number of pyridine rings is 1. The van der Waals surface area contributed by atoms with Crippen LogP contribution in [-0.4, -0.2) is 16.6 Å². The highest BCUT2D eigenvalue weighted by molar-refractivity contribution is 6.35. The van der Waals surface area contributed by atoms with Crippen LogP contribution in [0, 0.1) is 0 Å². The number of nitrogens with one attached hydrogen (secondary N) is 2. The fourth-order valence-corrected chi connectivity index (χ4v) is 1.95. The van der Waals surface area contributed by atoms with Crippen molar-refractivity contribution in [2.24, 2.45) is 0 Å². The molecular weight excluding hydrogens is 262 g/mol. The van der Waals surface area contributed by atoms with Crippen molar-refractivity contribution < 1.29 is 4.79 Å². The summed E-state index contributed by atoms with van der Waals surface area (Å²) >= 11 is 6.10. The number of carbonyl (C=O) groups is 1. The maximum atomic E-state index is 11.9. The second kappa shape index (κ2) is 5.05. The molecule has 0 atom stereocenters. The van der Waals surface area contributed by atoms with Crippen molar-refractivity contribution in [2.45, 2.75) is 26.3 Å². The van der Waals surface area contributed by atoms with E-state index in [4.69, 9.17) is 11.6 Å². The Bertz CT molecular complexity index is 620. The van der Waals surface area contributed by atoms with Gasteiger partial charge in [-0.2, -0.15) is 0 Å². The summed E-state index contributed by atoms with van der Waals surface area (Å²) in [5, 5.41) is 7.07. The van der Waals surface area contributed by atoms with Gasteiger partial charge in [-0.3, -0.25) is 4.98 Å². The van der Waals surface area contributed by atoms with Gasteiger partial charge >= 0.3 is 6.03 Å². The molecule has 2 rings (SSSR count). The molecule has 2 amide bonds. The summed E-state index contributed by atoms with van der Waals surface area (Å²) in [5.74, 6) is 0. The van der Waals surface area contributed by atoms with Gasteiger partial charge in [-0.05, 0) is 45.0 Å². The van der Waals surface area contributed by atoms with Crippen molar-refractivity contribution >= 4 is 34.2 Å². The lowest BCUT2D eigenvalue weighted by Gasteiger charge is -2.21. The number of aromatic nitrogens is 1. The van der Waals surface area contributed by atoms with E-state index in [0.29, 0.717) is 16.2 Å². The molecule has 2 N–H and O–H groups in total. The first-order valence-electron chi connectivity index (χ1n) is 5.99. The molecule has 0 saturated carbocycles. The van der Waals surface area contributed by atoms with Gasteiger partial charge in [-0.15, -0.1) is 0 Å². The number of carbonyl (C=O) groups excluding carboxylic acids is 1. The van der Waals surface area contributed by atoms with Crippen LogP contribution in [-0.2, 0) is 0 Å². The number of rotatable bonds is 1. The molecule has 100 valence electrons. The number of hydrogen-bond acceptors (Lipinski definition) is 2. The third-order valence-corrected chi connectivity index (χ3v) is 2.78. The van der Waals surface area contributed by atoms with Crippen LogP contribution in [0.15, 0.2) is 30.5 Å². The molecule has 1 aromatic carbocycles. The van der Waals surface area contributed by atoms with Crippen LogP contribution in [0.1, 0.15) is 20.8 Å². The number of benzene rings is 1. The lowest BCUT2D eigenvalue weighted by Crippen LogP contribution is -2.43. The second-order valence-electron chi connectivity index (χ2n) is 5.32. The summed E-state index contributed by atoms with van der Waals surface area (Å²) in [6.07, 6.45) is 1.67. The zero-order valence-corrected chi connectivity index (χ0v) is 11.9. The molecule has 0 fully saturated rings. The summed E-state index contributed by atoms with van der Waals surface area (Å²) in [6.45, 7) is 5.76. The van der Waals surface area contributed by atoms with Crippen molar-refractivity contribution in [1.82, 2.24) is 10.3 Å². The van der Waals surface area contributed by atoms with Gasteiger partial charge < -0.3 is 10.6 Å². The molecule has 19 heavy (non-hydrogen) atoms. The van der Waals surface area contributed by atoms with E-state index in [-0.39, 0.29) is 11.6 Å². The van der Waals surface area contributed by atoms with Crippen molar-refractivity contribution in [3.8, 4) is 0 Å². The van der Waals surface area contributed by atoms with Crippen LogP contribution >= 0.6 is 11.6 Å². The van der Waals surface area contributed by atoms with Gasteiger partial charge in [0.25, 0.3) is 0 Å². The second-order valence-corrected chi connectivity index (χ2v) is 5.73. The normalized spacial score (nSPS) is 11.4. The Labute approximate surface area is 117 Å². The molecule has 0 bridgehead atoms. The molecule has 0 radical (unpaired) electrons. The highest BCUT2D eigenvalue weighted by Crippen LogP contribution is 2.27. The molecule has 5 heteroatoms. The Kier molecular flexibility index (Phi) is 3.62. The summed E-state index contributed by atoms with van der Waals surface area (Å²) in [7, 11) is 0. The first-order chi connectivity index (χ1) is 8.87. The summed E-state index contributed by atoms with van der Waals surface area (Å²) in [6, 6.07) is 6.92. The van der Waals surface area contributed by atoms with Crippen molar-refractivity contribution in [2.75, 3.05) is 5.32 Å². The number of urea groups is 1. The highest BCUT2D eigenvalue weighted by atomic mass is 35.5. The maximum absolute atomic E-state index is 11.9. The third-order valence-electron chi connectivity index (χ3n) is 2.45. The minimum atomic E-state index is -0.292. The Hall–Kier alpha value is -1.81. The molecule has 1 heterocycles. The largest absolute Gasteiger partial charge is 0.333 e. The number of halogens is 1. The van der Waals surface area contributed by atoms with Gasteiger partial charge in [0.2, 0.25) is 0 Å². The van der Waals surface area contributed by atoms with Gasteiger partial charge in [0.1, 0.15) is 0 Å². The van der Waals surface area contributed by atoms with E-state index < -0.39 is 0 Å². The predicted molar refractivity (Wildman–Crippen MR) is 78.7 cm³/mol. The minimum Gasteiger partial charge on any atom is -0.333 e. The van der Waals surface area contributed by atoms with E-state index in [9.17, 15) is 4.79 Å². The van der Waals surface area contributed by atoms with Gasteiger partial charge in [0, 0.05) is 17.1 Å². The third kappa shape index (κ3) is 3.35. The topological polar surface area (TPSA) is 54.0 Å². The smallest absolute Gasteiger partial charge is 0.319 e. The lowest BCUT2D eigenvalue weighted by molar-refractivity contribution is 0.244. The molecule has 2 aromatic rings. The number of fused-ring (bicyclic) bond motifs is 1. The van der Waals surface area contributed by atoms with Crippen LogP contribution in [0.5, 0.6) is 0 Å². The fraction of sp³-hybridized carbons (Fsp3) is 0.286. The molecule has 0 saturated heterocycles. The molecule has 0 aliphatic heterocycles. The zero-order chi connectivity index (χ0) is 14.0. The SMILES string of the molecule is CC(C)(C)NC(=O)Nc1ccc(Cl)c2cccnc12. The minimum absolute atomic E-state index is 0.262. The summed E-state index contributed by atoms with van der Waals surface area (Å²) in [4.78, 5) is 16.1. The van der Waals surface area contributed by atoms with Crippen LogP contribution < -0.4 is 10.6 Å². The van der Waals surface area contributed by atoms with Crippen molar-refractivity contribution in [3.63, 3.8) is 0 Å². The first kappa shape index (κ1) is 13.6. The quantitative estimate of drug-likeness (QED) is 0.833. The Balaban J connectivity index is 2.31. The van der Waals surface area contributed by atoms with Crippen molar-refractivity contribution in [3.05, 3.63) is 35.5 Å². The van der Waals surface area contributed by atoms with Crippen molar-refractivity contribution in [1.29, 1.82) is 0 Å². The van der Waals surface area contributed by atoms with E-state index in [1.54, 1.807) is 18.3 Å². The molecule has 1 aromatic heterocycles.